The van der Waals surface area contributed by atoms with E-state index in [0.717, 1.165) is 13.1 Å². The quantitative estimate of drug-likeness (QED) is 0.771. The van der Waals surface area contributed by atoms with E-state index in [0.29, 0.717) is 13.1 Å². The molecule has 1 saturated heterocycles. The van der Waals surface area contributed by atoms with Crippen LogP contribution >= 0.6 is 11.3 Å². The molecule has 1 unspecified atom stereocenters. The summed E-state index contributed by atoms with van der Waals surface area (Å²) in [5, 5.41) is 4.86. The summed E-state index contributed by atoms with van der Waals surface area (Å²) in [6.45, 7) is 2.62. The molecule has 1 aromatic heterocycles. The summed E-state index contributed by atoms with van der Waals surface area (Å²) in [4.78, 5) is 14.7. The molecule has 0 spiro atoms. The molecule has 2 rings (SSSR count). The van der Waals surface area contributed by atoms with Gasteiger partial charge in [0.1, 0.15) is 0 Å². The largest absolute Gasteiger partial charge is 0.354 e. The summed E-state index contributed by atoms with van der Waals surface area (Å²) in [6, 6.07) is 4.29. The predicted octanol–water partition coefficient (Wildman–Crippen LogP) is 0.180. The van der Waals surface area contributed by atoms with E-state index in [2.05, 4.69) is 16.3 Å². The Labute approximate surface area is 93.1 Å². The zero-order valence-corrected chi connectivity index (χ0v) is 9.30. The van der Waals surface area contributed by atoms with Gasteiger partial charge in [0.05, 0.1) is 12.6 Å². The lowest BCUT2D eigenvalue weighted by Crippen LogP contribution is -2.50. The third-order valence-electron chi connectivity index (χ3n) is 2.60. The molecule has 1 aliphatic heterocycles. The van der Waals surface area contributed by atoms with Crippen LogP contribution in [0.4, 0.5) is 0 Å². The van der Waals surface area contributed by atoms with Crippen LogP contribution in [0.5, 0.6) is 0 Å². The van der Waals surface area contributed by atoms with Gasteiger partial charge in [-0.1, -0.05) is 6.07 Å². The van der Waals surface area contributed by atoms with Crippen LogP contribution in [0.2, 0.25) is 0 Å². The highest BCUT2D eigenvalue weighted by Gasteiger charge is 2.24. The Kier molecular flexibility index (Phi) is 3.35. The molecule has 2 heterocycles. The van der Waals surface area contributed by atoms with E-state index in [-0.39, 0.29) is 11.9 Å². The monoisotopic (exact) mass is 225 g/mol. The SMILES string of the molecule is NCC(c1cccs1)N1CCNC(=O)C1. The molecule has 4 nitrogen and oxygen atoms in total. The zero-order valence-electron chi connectivity index (χ0n) is 8.48. The molecule has 1 amide bonds. The Balaban J connectivity index is 2.09. The number of hydrogen-bond acceptors (Lipinski definition) is 4. The summed E-state index contributed by atoms with van der Waals surface area (Å²) in [6.07, 6.45) is 0. The number of rotatable bonds is 3. The second-order valence-corrected chi connectivity index (χ2v) is 4.57. The Morgan fingerprint density at radius 3 is 3.13 bits per heavy atom. The van der Waals surface area contributed by atoms with Crippen molar-refractivity contribution in [1.82, 2.24) is 10.2 Å². The maximum Gasteiger partial charge on any atom is 0.234 e. The zero-order chi connectivity index (χ0) is 10.7. The smallest absolute Gasteiger partial charge is 0.234 e. The number of thiophene rings is 1. The van der Waals surface area contributed by atoms with Crippen molar-refractivity contribution in [3.63, 3.8) is 0 Å². The van der Waals surface area contributed by atoms with Crippen molar-refractivity contribution in [2.24, 2.45) is 5.73 Å². The minimum absolute atomic E-state index is 0.0938. The first kappa shape index (κ1) is 10.6. The second-order valence-electron chi connectivity index (χ2n) is 3.59. The van der Waals surface area contributed by atoms with Crippen LogP contribution in [0.3, 0.4) is 0 Å². The molecule has 15 heavy (non-hydrogen) atoms. The first-order chi connectivity index (χ1) is 7.31. The lowest BCUT2D eigenvalue weighted by molar-refractivity contribution is -0.124. The number of piperazine rings is 1. The molecule has 0 aliphatic carbocycles. The number of amides is 1. The summed E-state index contributed by atoms with van der Waals surface area (Å²) in [7, 11) is 0. The van der Waals surface area contributed by atoms with Gasteiger partial charge >= 0.3 is 0 Å². The number of nitrogens with two attached hydrogens (primary N) is 1. The van der Waals surface area contributed by atoms with Gasteiger partial charge < -0.3 is 11.1 Å². The van der Waals surface area contributed by atoms with Gasteiger partial charge in [-0.2, -0.15) is 0 Å². The fourth-order valence-corrected chi connectivity index (χ4v) is 2.72. The van der Waals surface area contributed by atoms with Gasteiger partial charge in [0.25, 0.3) is 0 Å². The average molecular weight is 225 g/mol. The van der Waals surface area contributed by atoms with E-state index in [1.54, 1.807) is 11.3 Å². The molecule has 1 aliphatic rings. The molecular weight excluding hydrogens is 210 g/mol. The first-order valence-corrected chi connectivity index (χ1v) is 5.93. The number of carbonyl (C=O) groups is 1. The summed E-state index contributed by atoms with van der Waals surface area (Å²) >= 11 is 1.70. The van der Waals surface area contributed by atoms with Crippen molar-refractivity contribution in [2.45, 2.75) is 6.04 Å². The second kappa shape index (κ2) is 4.74. The molecule has 1 fully saturated rings. The van der Waals surface area contributed by atoms with Crippen molar-refractivity contribution >= 4 is 17.2 Å². The molecule has 0 aromatic carbocycles. The average Bonchev–Trinajstić information content (AvgIpc) is 2.72. The predicted molar refractivity (Wildman–Crippen MR) is 60.7 cm³/mol. The van der Waals surface area contributed by atoms with Gasteiger partial charge in [-0.15, -0.1) is 11.3 Å². The highest BCUT2D eigenvalue weighted by Crippen LogP contribution is 2.24. The highest BCUT2D eigenvalue weighted by atomic mass is 32.1. The number of nitrogens with zero attached hydrogens (tertiary/aromatic N) is 1. The maximum absolute atomic E-state index is 11.3. The van der Waals surface area contributed by atoms with Crippen LogP contribution < -0.4 is 11.1 Å². The van der Waals surface area contributed by atoms with Crippen LogP contribution in [0.15, 0.2) is 17.5 Å². The van der Waals surface area contributed by atoms with E-state index in [4.69, 9.17) is 5.73 Å². The number of carbonyl (C=O) groups excluding carboxylic acids is 1. The highest BCUT2D eigenvalue weighted by molar-refractivity contribution is 7.10. The van der Waals surface area contributed by atoms with Crippen LogP contribution in [-0.2, 0) is 4.79 Å². The van der Waals surface area contributed by atoms with Crippen molar-refractivity contribution in [3.8, 4) is 0 Å². The normalized spacial score (nSPS) is 19.9. The fourth-order valence-electron chi connectivity index (χ4n) is 1.85. The Morgan fingerprint density at radius 1 is 1.67 bits per heavy atom. The lowest BCUT2D eigenvalue weighted by atomic mass is 10.2. The van der Waals surface area contributed by atoms with Gasteiger partial charge in [0.2, 0.25) is 5.91 Å². The lowest BCUT2D eigenvalue weighted by Gasteiger charge is -2.32. The van der Waals surface area contributed by atoms with E-state index in [9.17, 15) is 4.79 Å². The van der Waals surface area contributed by atoms with Crippen LogP contribution in [0.25, 0.3) is 0 Å². The number of nitrogens with one attached hydrogen (secondary N) is 1. The van der Waals surface area contributed by atoms with Crippen LogP contribution in [-0.4, -0.2) is 37.0 Å². The van der Waals surface area contributed by atoms with Crippen molar-refractivity contribution in [1.29, 1.82) is 0 Å². The summed E-state index contributed by atoms with van der Waals surface area (Å²) in [5.74, 6) is 0.0938. The topological polar surface area (TPSA) is 58.4 Å². The minimum Gasteiger partial charge on any atom is -0.354 e. The molecule has 3 N–H and O–H groups in total. The van der Waals surface area contributed by atoms with Gasteiger partial charge in [0.15, 0.2) is 0 Å². The van der Waals surface area contributed by atoms with E-state index in [1.165, 1.54) is 4.88 Å². The molecule has 0 bridgehead atoms. The van der Waals surface area contributed by atoms with E-state index >= 15 is 0 Å². The summed E-state index contributed by atoms with van der Waals surface area (Å²) in [5.41, 5.74) is 5.77. The third-order valence-corrected chi connectivity index (χ3v) is 3.58. The Bertz CT molecular complexity index is 325. The Morgan fingerprint density at radius 2 is 2.53 bits per heavy atom. The van der Waals surface area contributed by atoms with E-state index < -0.39 is 0 Å². The number of hydrogen-bond donors (Lipinski definition) is 2. The van der Waals surface area contributed by atoms with Crippen molar-refractivity contribution in [2.75, 3.05) is 26.2 Å². The van der Waals surface area contributed by atoms with Crippen molar-refractivity contribution < 1.29 is 4.79 Å². The van der Waals surface area contributed by atoms with Crippen LogP contribution in [0.1, 0.15) is 10.9 Å². The van der Waals surface area contributed by atoms with Crippen molar-refractivity contribution in [3.05, 3.63) is 22.4 Å². The molecule has 1 aromatic rings. The fraction of sp³-hybridized carbons (Fsp3) is 0.500. The molecule has 0 saturated carbocycles. The van der Waals surface area contributed by atoms with Gasteiger partial charge in [0, 0.05) is 24.5 Å². The van der Waals surface area contributed by atoms with Crippen LogP contribution in [0, 0.1) is 0 Å². The summed E-state index contributed by atoms with van der Waals surface area (Å²) < 4.78 is 0. The maximum atomic E-state index is 11.3. The standard InChI is InChI=1S/C10H15N3OS/c11-6-8(9-2-1-5-15-9)13-4-3-12-10(14)7-13/h1-2,5,8H,3-4,6-7,11H2,(H,12,14). The third kappa shape index (κ3) is 2.37. The van der Waals surface area contributed by atoms with E-state index in [1.807, 2.05) is 11.4 Å². The molecule has 82 valence electrons. The van der Waals surface area contributed by atoms with Gasteiger partial charge in [-0.05, 0) is 11.4 Å². The molecular formula is C10H15N3OS. The molecule has 0 radical (unpaired) electrons. The molecule has 1 atom stereocenters. The first-order valence-electron chi connectivity index (χ1n) is 5.05. The van der Waals surface area contributed by atoms with Gasteiger partial charge in [-0.25, -0.2) is 0 Å². The molecule has 5 heteroatoms. The van der Waals surface area contributed by atoms with Gasteiger partial charge in [-0.3, -0.25) is 9.69 Å². The Hall–Kier alpha value is -0.910. The minimum atomic E-state index is 0.0938.